The molecule has 0 saturated heterocycles. The van der Waals surface area contributed by atoms with E-state index >= 15 is 0 Å². The largest absolute Gasteiger partial charge is 0.0616 e. The Bertz CT molecular complexity index is 2870. The van der Waals surface area contributed by atoms with E-state index in [4.69, 9.17) is 0 Å². The lowest BCUT2D eigenvalue weighted by Crippen LogP contribution is -1.90. The van der Waals surface area contributed by atoms with Crippen molar-refractivity contribution in [3.63, 3.8) is 0 Å². The van der Waals surface area contributed by atoms with Crippen LogP contribution < -0.4 is 0 Å². The van der Waals surface area contributed by atoms with Crippen molar-refractivity contribution in [1.82, 2.24) is 0 Å². The lowest BCUT2D eigenvalue weighted by molar-refractivity contribution is 1.65. The van der Waals surface area contributed by atoms with Crippen LogP contribution in [0.25, 0.3) is 98.0 Å². The molecule has 0 aromatic heterocycles. The first-order valence-corrected chi connectivity index (χ1v) is 16.7. The van der Waals surface area contributed by atoms with Gasteiger partial charge in [0.25, 0.3) is 0 Å². The van der Waals surface area contributed by atoms with E-state index in [1.807, 2.05) is 0 Å². The molecule has 0 aliphatic heterocycles. The molecule has 0 amide bonds. The summed E-state index contributed by atoms with van der Waals surface area (Å²) in [5.74, 6) is 0. The lowest BCUT2D eigenvalue weighted by atomic mass is 9.87. The first-order valence-electron chi connectivity index (χ1n) is 16.7. The van der Waals surface area contributed by atoms with E-state index in [0.29, 0.717) is 0 Å². The molecule has 0 fully saturated rings. The summed E-state index contributed by atoms with van der Waals surface area (Å²) in [7, 11) is 0. The van der Waals surface area contributed by atoms with Crippen molar-refractivity contribution >= 4 is 64.6 Å². The molecular weight excluding hydrogens is 577 g/mol. The summed E-state index contributed by atoms with van der Waals surface area (Å²) < 4.78 is 0. The van der Waals surface area contributed by atoms with Gasteiger partial charge in [-0.2, -0.15) is 0 Å². The van der Waals surface area contributed by atoms with Gasteiger partial charge in [-0.15, -0.1) is 0 Å². The summed E-state index contributed by atoms with van der Waals surface area (Å²) in [5, 5.41) is 15.3. The van der Waals surface area contributed by atoms with Crippen LogP contribution >= 0.6 is 0 Å². The summed E-state index contributed by atoms with van der Waals surface area (Å²) in [6.07, 6.45) is 0. The standard InChI is InChI=1S/C48H30/c1-5-15-40-31(10-1)14-9-19-41(40)38-23-22-33-26-35(21-20-34(33)27-38)39-28-36-12-3-6-16-42(36)46(30-39)47-29-37-13-4-8-18-44(37)48-43-17-7-2-11-32(43)24-25-45(47)48/h1-30H. The molecule has 0 spiro atoms. The van der Waals surface area contributed by atoms with Crippen LogP contribution in [0.15, 0.2) is 182 Å². The highest BCUT2D eigenvalue weighted by Gasteiger charge is 2.15. The Morgan fingerprint density at radius 1 is 0.208 bits per heavy atom. The van der Waals surface area contributed by atoms with Gasteiger partial charge in [0.15, 0.2) is 0 Å². The van der Waals surface area contributed by atoms with E-state index in [1.54, 1.807) is 0 Å². The molecule has 0 aliphatic rings. The van der Waals surface area contributed by atoms with Crippen molar-refractivity contribution in [3.8, 4) is 33.4 Å². The molecule has 0 atom stereocenters. The van der Waals surface area contributed by atoms with Gasteiger partial charge in [-0.3, -0.25) is 0 Å². The van der Waals surface area contributed by atoms with Gasteiger partial charge in [-0.25, -0.2) is 0 Å². The smallest absolute Gasteiger partial charge is 0.00206 e. The summed E-state index contributed by atoms with van der Waals surface area (Å²) in [4.78, 5) is 0. The first kappa shape index (κ1) is 26.9. The fraction of sp³-hybridized carbons (Fsp3) is 0. The Labute approximate surface area is 279 Å². The Morgan fingerprint density at radius 3 is 1.44 bits per heavy atom. The Morgan fingerprint density at radius 2 is 0.688 bits per heavy atom. The van der Waals surface area contributed by atoms with Gasteiger partial charge in [-0.05, 0) is 128 Å². The summed E-state index contributed by atoms with van der Waals surface area (Å²) in [6.45, 7) is 0. The van der Waals surface area contributed by atoms with Crippen molar-refractivity contribution in [2.45, 2.75) is 0 Å². The van der Waals surface area contributed by atoms with Crippen LogP contribution in [0.5, 0.6) is 0 Å². The molecular formula is C48H30. The molecule has 0 heterocycles. The van der Waals surface area contributed by atoms with Gasteiger partial charge in [0, 0.05) is 0 Å². The molecule has 0 bridgehead atoms. The van der Waals surface area contributed by atoms with E-state index in [-0.39, 0.29) is 0 Å². The highest BCUT2D eigenvalue weighted by Crippen LogP contribution is 2.43. The van der Waals surface area contributed by atoms with E-state index in [1.165, 1.54) is 98.0 Å². The molecule has 10 rings (SSSR count). The van der Waals surface area contributed by atoms with Crippen LogP contribution in [0.2, 0.25) is 0 Å². The minimum atomic E-state index is 1.22. The third-order valence-corrected chi connectivity index (χ3v) is 10.2. The number of hydrogen-bond donors (Lipinski definition) is 0. The van der Waals surface area contributed by atoms with E-state index in [2.05, 4.69) is 182 Å². The van der Waals surface area contributed by atoms with Crippen LogP contribution in [0, 0.1) is 0 Å². The Balaban J connectivity index is 1.17. The van der Waals surface area contributed by atoms with Crippen molar-refractivity contribution in [1.29, 1.82) is 0 Å². The predicted molar refractivity (Wildman–Crippen MR) is 208 cm³/mol. The SMILES string of the molecule is c1ccc2c(-c3ccc4cc(-c5cc(-c6cc7ccccc7c7c6ccc6ccccc67)c6ccccc6c5)ccc4c3)cccc2c1. The van der Waals surface area contributed by atoms with Gasteiger partial charge < -0.3 is 0 Å². The molecule has 0 nitrogen and oxygen atoms in total. The van der Waals surface area contributed by atoms with E-state index in [9.17, 15) is 0 Å². The number of rotatable bonds is 3. The number of benzene rings is 10. The average molecular weight is 607 g/mol. The summed E-state index contributed by atoms with van der Waals surface area (Å²) in [5.41, 5.74) is 7.51. The maximum Gasteiger partial charge on any atom is -0.00206 e. The van der Waals surface area contributed by atoms with Crippen molar-refractivity contribution in [2.24, 2.45) is 0 Å². The maximum absolute atomic E-state index is 2.41. The molecule has 222 valence electrons. The molecule has 0 saturated carbocycles. The molecule has 0 radical (unpaired) electrons. The zero-order valence-electron chi connectivity index (χ0n) is 26.3. The highest BCUT2D eigenvalue weighted by molar-refractivity contribution is 6.25. The van der Waals surface area contributed by atoms with Crippen LogP contribution in [0.3, 0.4) is 0 Å². The van der Waals surface area contributed by atoms with Gasteiger partial charge in [0.2, 0.25) is 0 Å². The second-order valence-corrected chi connectivity index (χ2v) is 12.9. The highest BCUT2D eigenvalue weighted by atomic mass is 14.2. The third-order valence-electron chi connectivity index (χ3n) is 10.2. The van der Waals surface area contributed by atoms with Crippen molar-refractivity contribution in [3.05, 3.63) is 182 Å². The zero-order valence-corrected chi connectivity index (χ0v) is 26.3. The number of fused-ring (bicyclic) bond motifs is 8. The third kappa shape index (κ3) is 4.24. The molecule has 48 heavy (non-hydrogen) atoms. The van der Waals surface area contributed by atoms with Gasteiger partial charge in [-0.1, -0.05) is 152 Å². The van der Waals surface area contributed by atoms with Crippen molar-refractivity contribution in [2.75, 3.05) is 0 Å². The molecule has 0 heteroatoms. The topological polar surface area (TPSA) is 0 Å². The first-order chi connectivity index (χ1) is 23.8. The second kappa shape index (κ2) is 10.7. The minimum Gasteiger partial charge on any atom is -0.0616 e. The van der Waals surface area contributed by atoms with Crippen LogP contribution in [0.4, 0.5) is 0 Å². The molecule has 0 unspecified atom stereocenters. The van der Waals surface area contributed by atoms with Crippen LogP contribution in [-0.2, 0) is 0 Å². The predicted octanol–water partition coefficient (Wildman–Crippen LogP) is 13.6. The summed E-state index contributed by atoms with van der Waals surface area (Å²) in [6, 6.07) is 67.2. The van der Waals surface area contributed by atoms with Gasteiger partial charge in [0.1, 0.15) is 0 Å². The molecule has 0 N–H and O–H groups in total. The van der Waals surface area contributed by atoms with Gasteiger partial charge >= 0.3 is 0 Å². The van der Waals surface area contributed by atoms with Gasteiger partial charge in [0.05, 0.1) is 0 Å². The van der Waals surface area contributed by atoms with E-state index < -0.39 is 0 Å². The Hall–Kier alpha value is -6.24. The number of hydrogen-bond acceptors (Lipinski definition) is 0. The lowest BCUT2D eigenvalue weighted by Gasteiger charge is -2.17. The zero-order chi connectivity index (χ0) is 31.6. The fourth-order valence-electron chi connectivity index (χ4n) is 7.86. The Kier molecular flexibility index (Phi) is 5.98. The van der Waals surface area contributed by atoms with E-state index in [0.717, 1.165) is 0 Å². The second-order valence-electron chi connectivity index (χ2n) is 12.9. The van der Waals surface area contributed by atoms with Crippen LogP contribution in [0.1, 0.15) is 0 Å². The molecule has 0 aliphatic carbocycles. The van der Waals surface area contributed by atoms with Crippen LogP contribution in [-0.4, -0.2) is 0 Å². The minimum absolute atomic E-state index is 1.22. The normalized spacial score (nSPS) is 11.8. The van der Waals surface area contributed by atoms with Crippen molar-refractivity contribution < 1.29 is 0 Å². The average Bonchev–Trinajstić information content (AvgIpc) is 3.16. The maximum atomic E-state index is 2.41. The quantitative estimate of drug-likeness (QED) is 0.176. The summed E-state index contributed by atoms with van der Waals surface area (Å²) >= 11 is 0. The molecule has 10 aromatic carbocycles. The fourth-order valence-corrected chi connectivity index (χ4v) is 7.86. The monoisotopic (exact) mass is 606 g/mol. The molecule has 10 aromatic rings.